The van der Waals surface area contributed by atoms with Crippen LogP contribution < -0.4 is 0 Å². The van der Waals surface area contributed by atoms with E-state index in [0.29, 0.717) is 6.07 Å². The second-order valence-corrected chi connectivity index (χ2v) is 6.01. The first-order valence-corrected chi connectivity index (χ1v) is 7.00. The third-order valence-electron chi connectivity index (χ3n) is 2.07. The molecule has 0 amide bonds. The van der Waals surface area contributed by atoms with E-state index in [0.717, 1.165) is 12.3 Å². The average molecular weight is 278 g/mol. The maximum atomic E-state index is 11.1. The van der Waals surface area contributed by atoms with Crippen LogP contribution in [0.4, 0.5) is 0 Å². The second-order valence-electron chi connectivity index (χ2n) is 3.20. The molecule has 0 atom stereocenters. The Morgan fingerprint density at radius 3 is 2.24 bits per heavy atom. The van der Waals surface area contributed by atoms with E-state index >= 15 is 0 Å². The topological polar surface area (TPSA) is 137 Å². The predicted octanol–water partition coefficient (Wildman–Crippen LogP) is 0.0563. The van der Waals surface area contributed by atoms with E-state index in [2.05, 4.69) is 10.2 Å². The molecule has 0 fully saturated rings. The highest BCUT2D eigenvalue weighted by atomic mass is 32.2. The molecule has 0 unspecified atom stereocenters. The van der Waals surface area contributed by atoms with Crippen LogP contribution >= 0.6 is 0 Å². The summed E-state index contributed by atoms with van der Waals surface area (Å²) in [5, 5.41) is 5.89. The van der Waals surface area contributed by atoms with Crippen LogP contribution in [0.2, 0.25) is 0 Å². The SMILES string of the molecule is O=S(=O)(O)c1cc(S(=O)(=O)O)c2cn[nH]c2c1. The van der Waals surface area contributed by atoms with Crippen molar-refractivity contribution < 1.29 is 25.9 Å². The normalized spacial score (nSPS) is 13.1. The van der Waals surface area contributed by atoms with Crippen molar-refractivity contribution in [1.29, 1.82) is 0 Å². The summed E-state index contributed by atoms with van der Waals surface area (Å²) in [6.07, 6.45) is 1.12. The minimum atomic E-state index is -4.62. The molecule has 0 saturated heterocycles. The van der Waals surface area contributed by atoms with Crippen LogP contribution in [0, 0.1) is 0 Å². The molecule has 2 rings (SSSR count). The lowest BCUT2D eigenvalue weighted by atomic mass is 10.2. The summed E-state index contributed by atoms with van der Waals surface area (Å²) in [5.74, 6) is 0. The summed E-state index contributed by atoms with van der Waals surface area (Å²) in [5.41, 5.74) is 0.0627. The number of benzene rings is 1. The number of rotatable bonds is 2. The van der Waals surface area contributed by atoms with E-state index < -0.39 is 30.0 Å². The highest BCUT2D eigenvalue weighted by molar-refractivity contribution is 7.86. The zero-order valence-corrected chi connectivity index (χ0v) is 9.66. The number of aromatic amines is 1. The molecule has 0 saturated carbocycles. The molecular weight excluding hydrogens is 272 g/mol. The molecule has 8 nitrogen and oxygen atoms in total. The lowest BCUT2D eigenvalue weighted by molar-refractivity contribution is 0.482. The highest BCUT2D eigenvalue weighted by Gasteiger charge is 2.20. The molecule has 1 aromatic heterocycles. The first-order valence-electron chi connectivity index (χ1n) is 4.12. The Morgan fingerprint density at radius 2 is 1.71 bits per heavy atom. The predicted molar refractivity (Wildman–Crippen MR) is 55.7 cm³/mol. The average Bonchev–Trinajstić information content (AvgIpc) is 2.59. The van der Waals surface area contributed by atoms with Gasteiger partial charge in [0, 0.05) is 5.39 Å². The van der Waals surface area contributed by atoms with Gasteiger partial charge < -0.3 is 0 Å². The minimum absolute atomic E-state index is 0.0277. The van der Waals surface area contributed by atoms with Crippen molar-refractivity contribution in [3.8, 4) is 0 Å². The standard InChI is InChI=1S/C7H6N2O6S2/c10-16(11,12)4-1-6-5(3-8-9-6)7(2-4)17(13,14)15/h1-3H,(H,8,9)(H,10,11,12)(H,13,14,15). The van der Waals surface area contributed by atoms with Crippen molar-refractivity contribution in [3.05, 3.63) is 18.3 Å². The van der Waals surface area contributed by atoms with Crippen LogP contribution in [0.1, 0.15) is 0 Å². The first-order chi connectivity index (χ1) is 7.69. The van der Waals surface area contributed by atoms with Gasteiger partial charge in [0.25, 0.3) is 20.2 Å². The quantitative estimate of drug-likeness (QED) is 0.660. The molecule has 0 spiro atoms. The molecule has 0 radical (unpaired) electrons. The van der Waals surface area contributed by atoms with Gasteiger partial charge in [0.15, 0.2) is 0 Å². The summed E-state index contributed by atoms with van der Waals surface area (Å²) in [7, 11) is -9.20. The van der Waals surface area contributed by atoms with Crippen LogP contribution in [0.3, 0.4) is 0 Å². The fraction of sp³-hybridized carbons (Fsp3) is 0. The third kappa shape index (κ3) is 2.15. The van der Waals surface area contributed by atoms with Crippen molar-refractivity contribution in [2.75, 3.05) is 0 Å². The molecule has 2 aromatic rings. The largest absolute Gasteiger partial charge is 0.295 e. The van der Waals surface area contributed by atoms with Crippen LogP contribution in [0.5, 0.6) is 0 Å². The van der Waals surface area contributed by atoms with E-state index in [4.69, 9.17) is 9.11 Å². The van der Waals surface area contributed by atoms with E-state index in [1.807, 2.05) is 0 Å². The smallest absolute Gasteiger partial charge is 0.282 e. The second kappa shape index (κ2) is 3.50. The van der Waals surface area contributed by atoms with Crippen LogP contribution in [0.25, 0.3) is 10.9 Å². The lowest BCUT2D eigenvalue weighted by Crippen LogP contribution is -2.03. The van der Waals surface area contributed by atoms with E-state index in [1.165, 1.54) is 0 Å². The maximum absolute atomic E-state index is 11.1. The summed E-state index contributed by atoms with van der Waals surface area (Å²) >= 11 is 0. The van der Waals surface area contributed by atoms with Crippen LogP contribution in [0.15, 0.2) is 28.1 Å². The van der Waals surface area contributed by atoms with Gasteiger partial charge in [-0.05, 0) is 12.1 Å². The Balaban J connectivity index is 2.96. The molecule has 10 heteroatoms. The zero-order valence-electron chi connectivity index (χ0n) is 8.02. The summed E-state index contributed by atoms with van der Waals surface area (Å²) in [6, 6.07) is 1.66. The van der Waals surface area contributed by atoms with E-state index in [-0.39, 0.29) is 10.9 Å². The molecule has 0 aliphatic rings. The van der Waals surface area contributed by atoms with Gasteiger partial charge in [0.05, 0.1) is 16.6 Å². The lowest BCUT2D eigenvalue weighted by Gasteiger charge is -2.02. The van der Waals surface area contributed by atoms with Gasteiger partial charge in [0.2, 0.25) is 0 Å². The van der Waals surface area contributed by atoms with Crippen LogP contribution in [-0.4, -0.2) is 36.1 Å². The zero-order chi connectivity index (χ0) is 12.8. The minimum Gasteiger partial charge on any atom is -0.282 e. The summed E-state index contributed by atoms with van der Waals surface area (Å²) in [6.45, 7) is 0. The van der Waals surface area contributed by atoms with Crippen molar-refractivity contribution in [2.24, 2.45) is 0 Å². The molecule has 1 heterocycles. The van der Waals surface area contributed by atoms with E-state index in [9.17, 15) is 16.8 Å². The third-order valence-corrected chi connectivity index (χ3v) is 3.79. The molecule has 1 aromatic carbocycles. The van der Waals surface area contributed by atoms with Gasteiger partial charge in [-0.25, -0.2) is 0 Å². The van der Waals surface area contributed by atoms with Crippen molar-refractivity contribution in [3.63, 3.8) is 0 Å². The van der Waals surface area contributed by atoms with Gasteiger partial charge in [-0.2, -0.15) is 21.9 Å². The van der Waals surface area contributed by atoms with E-state index in [1.54, 1.807) is 0 Å². The van der Waals surface area contributed by atoms with Gasteiger partial charge in [-0.1, -0.05) is 0 Å². The molecular formula is C7H6N2O6S2. The maximum Gasteiger partial charge on any atom is 0.295 e. The summed E-state index contributed by atoms with van der Waals surface area (Å²) in [4.78, 5) is -1.29. The van der Waals surface area contributed by atoms with Crippen molar-refractivity contribution >= 4 is 31.1 Å². The molecule has 0 aliphatic heterocycles. The molecule has 92 valence electrons. The Morgan fingerprint density at radius 1 is 1.06 bits per heavy atom. The number of hydrogen-bond donors (Lipinski definition) is 3. The molecule has 0 bridgehead atoms. The fourth-order valence-corrected chi connectivity index (χ4v) is 2.68. The first kappa shape index (κ1) is 12.0. The number of nitrogens with zero attached hydrogens (tertiary/aromatic N) is 1. The number of nitrogens with one attached hydrogen (secondary N) is 1. The fourth-order valence-electron chi connectivity index (χ4n) is 1.36. The van der Waals surface area contributed by atoms with Gasteiger partial charge >= 0.3 is 0 Å². The number of fused-ring (bicyclic) bond motifs is 1. The number of H-pyrrole nitrogens is 1. The Bertz CT molecular complexity index is 789. The van der Waals surface area contributed by atoms with Crippen LogP contribution in [-0.2, 0) is 20.2 Å². The van der Waals surface area contributed by atoms with Gasteiger partial charge in [0.1, 0.15) is 4.90 Å². The molecule has 17 heavy (non-hydrogen) atoms. The monoisotopic (exact) mass is 278 g/mol. The Kier molecular flexibility index (Phi) is 2.47. The summed E-state index contributed by atoms with van der Waals surface area (Å²) < 4.78 is 61.8. The number of aromatic nitrogens is 2. The van der Waals surface area contributed by atoms with Crippen molar-refractivity contribution in [2.45, 2.75) is 9.79 Å². The van der Waals surface area contributed by atoms with Crippen molar-refractivity contribution in [1.82, 2.24) is 10.2 Å². The molecule has 3 N–H and O–H groups in total. The van der Waals surface area contributed by atoms with Gasteiger partial charge in [-0.15, -0.1) is 0 Å². The Hall–Kier alpha value is -1.49. The number of hydrogen-bond acceptors (Lipinski definition) is 5. The molecule has 0 aliphatic carbocycles. The van der Waals surface area contributed by atoms with Gasteiger partial charge in [-0.3, -0.25) is 14.2 Å². The highest BCUT2D eigenvalue weighted by Crippen LogP contribution is 2.25. The Labute approximate surface area is 95.8 Å².